The molecule has 0 aliphatic heterocycles. The molecule has 228 valence electrons. The van der Waals surface area contributed by atoms with Crippen LogP contribution in [0, 0.1) is 6.92 Å². The Kier molecular flexibility index (Phi) is 6.07. The molecule has 0 radical (unpaired) electrons. The molecule has 46 heavy (non-hydrogen) atoms. The van der Waals surface area contributed by atoms with Gasteiger partial charge in [0.05, 0.1) is 5.69 Å². The largest absolute Gasteiger partial charge is 0.310 e. The number of anilines is 3. The predicted molar refractivity (Wildman–Crippen MR) is 197 cm³/mol. The molecule has 1 nitrogen and oxygen atoms in total. The van der Waals surface area contributed by atoms with Crippen LogP contribution in [0.3, 0.4) is 0 Å². The van der Waals surface area contributed by atoms with Crippen LogP contribution in [-0.2, 0) is 16.2 Å². The van der Waals surface area contributed by atoms with Crippen molar-refractivity contribution >= 4 is 27.8 Å². The van der Waals surface area contributed by atoms with E-state index in [0.29, 0.717) is 0 Å². The lowest BCUT2D eigenvalue weighted by Gasteiger charge is -2.30. The molecule has 0 saturated carbocycles. The molecule has 0 amide bonds. The van der Waals surface area contributed by atoms with E-state index >= 15 is 0 Å². The van der Waals surface area contributed by atoms with Crippen LogP contribution in [0.1, 0.15) is 81.8 Å². The van der Waals surface area contributed by atoms with E-state index in [1.54, 1.807) is 0 Å². The zero-order valence-electron chi connectivity index (χ0n) is 28.4. The Balaban J connectivity index is 1.38. The van der Waals surface area contributed by atoms with Gasteiger partial charge >= 0.3 is 0 Å². The molecule has 0 N–H and O–H groups in total. The van der Waals surface area contributed by atoms with Gasteiger partial charge in [-0.05, 0) is 104 Å². The molecule has 6 aromatic carbocycles. The van der Waals surface area contributed by atoms with E-state index in [0.717, 1.165) is 0 Å². The molecule has 0 bridgehead atoms. The Labute approximate surface area is 274 Å². The van der Waals surface area contributed by atoms with Crippen molar-refractivity contribution in [3.05, 3.63) is 149 Å². The average molecular weight is 598 g/mol. The zero-order valence-corrected chi connectivity index (χ0v) is 28.4. The normalized spacial score (nSPS) is 15.3. The van der Waals surface area contributed by atoms with Gasteiger partial charge in [-0.15, -0.1) is 0 Å². The van der Waals surface area contributed by atoms with Crippen molar-refractivity contribution in [1.29, 1.82) is 0 Å². The first-order chi connectivity index (χ1) is 21.9. The Bertz CT molecular complexity index is 2200. The quantitative estimate of drug-likeness (QED) is 0.196. The highest BCUT2D eigenvalue weighted by molar-refractivity contribution is 6.01. The van der Waals surface area contributed by atoms with Crippen LogP contribution in [0.5, 0.6) is 0 Å². The highest BCUT2D eigenvalue weighted by Gasteiger charge is 2.39. The average Bonchev–Trinajstić information content (AvgIpc) is 3.40. The minimum absolute atomic E-state index is 0.0589. The Morgan fingerprint density at radius 3 is 1.80 bits per heavy atom. The summed E-state index contributed by atoms with van der Waals surface area (Å²) >= 11 is 0. The van der Waals surface area contributed by atoms with E-state index in [9.17, 15) is 0 Å². The van der Waals surface area contributed by atoms with E-state index in [-0.39, 0.29) is 16.2 Å². The van der Waals surface area contributed by atoms with Crippen LogP contribution in [0.4, 0.5) is 17.1 Å². The lowest BCUT2D eigenvalue weighted by Crippen LogP contribution is -2.18. The zero-order chi connectivity index (χ0) is 32.2. The molecule has 8 rings (SSSR count). The summed E-state index contributed by atoms with van der Waals surface area (Å²) < 4.78 is 0. The van der Waals surface area contributed by atoms with Gasteiger partial charge in [0.25, 0.3) is 0 Å². The molecule has 0 saturated heterocycles. The highest BCUT2D eigenvalue weighted by Crippen LogP contribution is 2.55. The number of rotatable bonds is 3. The summed E-state index contributed by atoms with van der Waals surface area (Å²) in [6, 6.07) is 43.6. The van der Waals surface area contributed by atoms with Gasteiger partial charge in [0.1, 0.15) is 0 Å². The first-order valence-corrected chi connectivity index (χ1v) is 16.7. The molecule has 2 aliphatic rings. The summed E-state index contributed by atoms with van der Waals surface area (Å²) in [6.07, 6.45) is 0. The molecule has 1 heteroatoms. The topological polar surface area (TPSA) is 3.24 Å². The summed E-state index contributed by atoms with van der Waals surface area (Å²) in [4.78, 5) is 2.51. The number of benzene rings is 6. The number of aryl methyl sites for hydroxylation is 1. The van der Waals surface area contributed by atoms with Gasteiger partial charge in [-0.3, -0.25) is 0 Å². The first kappa shape index (κ1) is 28.8. The second-order valence-electron chi connectivity index (χ2n) is 15.5. The Morgan fingerprint density at radius 1 is 0.500 bits per heavy atom. The Hall–Kier alpha value is -4.62. The maximum Gasteiger partial charge on any atom is 0.0540 e. The molecular weight excluding hydrogens is 555 g/mol. The number of hydrogen-bond acceptors (Lipinski definition) is 1. The first-order valence-electron chi connectivity index (χ1n) is 16.7. The second-order valence-corrected chi connectivity index (χ2v) is 15.5. The molecule has 0 aromatic heterocycles. The summed E-state index contributed by atoms with van der Waals surface area (Å²) in [5.74, 6) is 0. The van der Waals surface area contributed by atoms with Gasteiger partial charge < -0.3 is 4.90 Å². The minimum Gasteiger partial charge on any atom is -0.310 e. The van der Waals surface area contributed by atoms with Gasteiger partial charge in [-0.1, -0.05) is 133 Å². The van der Waals surface area contributed by atoms with Crippen LogP contribution in [0.2, 0.25) is 0 Å². The third-order valence-corrected chi connectivity index (χ3v) is 10.9. The fourth-order valence-electron chi connectivity index (χ4n) is 8.44. The van der Waals surface area contributed by atoms with Crippen molar-refractivity contribution in [2.45, 2.75) is 71.6 Å². The van der Waals surface area contributed by atoms with Crippen molar-refractivity contribution < 1.29 is 0 Å². The third kappa shape index (κ3) is 4.00. The van der Waals surface area contributed by atoms with Crippen molar-refractivity contribution in [3.8, 4) is 22.3 Å². The molecule has 0 heterocycles. The summed E-state index contributed by atoms with van der Waals surface area (Å²) in [7, 11) is 0. The smallest absolute Gasteiger partial charge is 0.0540 e. The lowest BCUT2D eigenvalue weighted by atomic mass is 9.79. The van der Waals surface area contributed by atoms with Crippen molar-refractivity contribution in [2.24, 2.45) is 0 Å². The molecule has 0 atom stereocenters. The molecular formula is C45H43N. The van der Waals surface area contributed by atoms with Gasteiger partial charge in [0.15, 0.2) is 0 Å². The standard InChI is InChI=1S/C45H43N/c1-28-14-11-17-34-31(28)16-12-21-41(34)46(29-22-24-33-32-15-9-10-18-36(32)44(5,6)39(33)26-29)30-23-25-35-40(27-30)45(7,8)38-20-13-19-37(42(35)38)43(2,3)4/h9-27H,1-8H3. The fraction of sp³-hybridized carbons (Fsp3) is 0.244. The third-order valence-electron chi connectivity index (χ3n) is 10.9. The SMILES string of the molecule is Cc1cccc2c(N(c3ccc4c(c3)C(C)(C)c3ccccc3-4)c3ccc4c(c3)C(C)(C)c3cccc(C(C)(C)C)c3-4)cccc12. The number of fused-ring (bicyclic) bond motifs is 7. The second kappa shape index (κ2) is 9.69. The van der Waals surface area contributed by atoms with Crippen LogP contribution in [0.15, 0.2) is 115 Å². The lowest BCUT2D eigenvalue weighted by molar-refractivity contribution is 0.589. The Morgan fingerprint density at radius 2 is 1.07 bits per heavy atom. The van der Waals surface area contributed by atoms with Gasteiger partial charge in [0.2, 0.25) is 0 Å². The van der Waals surface area contributed by atoms with Gasteiger partial charge in [-0.2, -0.15) is 0 Å². The highest BCUT2D eigenvalue weighted by atomic mass is 15.1. The van der Waals surface area contributed by atoms with Gasteiger partial charge in [-0.25, -0.2) is 0 Å². The molecule has 2 aliphatic carbocycles. The summed E-state index contributed by atoms with van der Waals surface area (Å²) in [6.45, 7) is 18.8. The molecule has 0 unspecified atom stereocenters. The predicted octanol–water partition coefficient (Wildman–Crippen LogP) is 12.5. The summed E-state index contributed by atoms with van der Waals surface area (Å²) in [5.41, 5.74) is 17.3. The van der Waals surface area contributed by atoms with Crippen LogP contribution in [-0.4, -0.2) is 0 Å². The minimum atomic E-state index is -0.107. The monoisotopic (exact) mass is 597 g/mol. The van der Waals surface area contributed by atoms with E-state index in [1.165, 1.54) is 83.5 Å². The maximum atomic E-state index is 2.51. The number of hydrogen-bond donors (Lipinski definition) is 0. The molecule has 6 aromatic rings. The van der Waals surface area contributed by atoms with E-state index in [2.05, 4.69) is 176 Å². The van der Waals surface area contributed by atoms with E-state index < -0.39 is 0 Å². The van der Waals surface area contributed by atoms with Gasteiger partial charge in [0, 0.05) is 27.6 Å². The van der Waals surface area contributed by atoms with Crippen molar-refractivity contribution in [2.75, 3.05) is 4.90 Å². The number of nitrogens with zero attached hydrogens (tertiary/aromatic N) is 1. The van der Waals surface area contributed by atoms with Crippen LogP contribution in [0.25, 0.3) is 33.0 Å². The fourth-order valence-corrected chi connectivity index (χ4v) is 8.44. The van der Waals surface area contributed by atoms with Crippen molar-refractivity contribution in [1.82, 2.24) is 0 Å². The maximum absolute atomic E-state index is 2.51. The van der Waals surface area contributed by atoms with Crippen LogP contribution < -0.4 is 4.90 Å². The van der Waals surface area contributed by atoms with E-state index in [4.69, 9.17) is 0 Å². The van der Waals surface area contributed by atoms with Crippen LogP contribution >= 0.6 is 0 Å². The molecule has 0 spiro atoms. The molecule has 0 fully saturated rings. The van der Waals surface area contributed by atoms with E-state index in [1.807, 2.05) is 0 Å². The summed E-state index contributed by atoms with van der Waals surface area (Å²) in [5, 5.41) is 2.56. The van der Waals surface area contributed by atoms with Crippen molar-refractivity contribution in [3.63, 3.8) is 0 Å².